The number of aryl methyl sites for hydroxylation is 1. The second-order valence-corrected chi connectivity index (χ2v) is 11.0. The van der Waals surface area contributed by atoms with Gasteiger partial charge in [0.15, 0.2) is 9.84 Å². The second-order valence-electron chi connectivity index (χ2n) is 7.79. The van der Waals surface area contributed by atoms with Crippen LogP contribution in [0.1, 0.15) is 29.8 Å². The summed E-state index contributed by atoms with van der Waals surface area (Å²) in [6, 6.07) is 17.3. The fraction of sp³-hybridized carbons (Fsp3) is 0.250. The SMILES string of the molecule is CCS(=O)(=O)c1ccc(NC(=O)C2CC(=O)N(c3ccc(C)cc3)C2c2cccs2)cc1. The van der Waals surface area contributed by atoms with Gasteiger partial charge in [-0.15, -0.1) is 11.3 Å². The van der Waals surface area contributed by atoms with Crippen molar-refractivity contribution in [2.24, 2.45) is 5.92 Å². The number of anilines is 2. The highest BCUT2D eigenvalue weighted by molar-refractivity contribution is 7.91. The van der Waals surface area contributed by atoms with Crippen LogP contribution in [0, 0.1) is 12.8 Å². The molecule has 4 rings (SSSR count). The van der Waals surface area contributed by atoms with Crippen LogP contribution in [0.5, 0.6) is 0 Å². The molecule has 0 radical (unpaired) electrons. The van der Waals surface area contributed by atoms with E-state index in [2.05, 4.69) is 5.32 Å². The van der Waals surface area contributed by atoms with Gasteiger partial charge in [0.1, 0.15) is 0 Å². The standard InChI is InChI=1S/C24H24N2O4S2/c1-3-32(29,30)19-12-8-17(9-13-19)25-24(28)20-15-22(27)26(18-10-6-16(2)7-11-18)23(20)21-5-4-14-31-21/h4-14,20,23H,3,15H2,1-2H3,(H,25,28). The second kappa shape index (κ2) is 8.88. The number of rotatable bonds is 6. The van der Waals surface area contributed by atoms with E-state index in [0.717, 1.165) is 16.1 Å². The first-order valence-corrected chi connectivity index (χ1v) is 12.9. The van der Waals surface area contributed by atoms with E-state index in [1.807, 2.05) is 48.7 Å². The largest absolute Gasteiger partial charge is 0.326 e. The lowest BCUT2D eigenvalue weighted by atomic mass is 9.97. The molecular weight excluding hydrogens is 444 g/mol. The minimum absolute atomic E-state index is 0.0141. The van der Waals surface area contributed by atoms with E-state index in [-0.39, 0.29) is 28.9 Å². The van der Waals surface area contributed by atoms with Gasteiger partial charge in [-0.2, -0.15) is 0 Å². The zero-order valence-electron chi connectivity index (χ0n) is 17.8. The topological polar surface area (TPSA) is 83.5 Å². The smallest absolute Gasteiger partial charge is 0.230 e. The van der Waals surface area contributed by atoms with Crippen molar-refractivity contribution in [2.45, 2.75) is 31.2 Å². The molecule has 0 aliphatic carbocycles. The number of nitrogens with zero attached hydrogens (tertiary/aromatic N) is 1. The van der Waals surface area contributed by atoms with Crippen LogP contribution in [-0.2, 0) is 19.4 Å². The molecule has 2 heterocycles. The highest BCUT2D eigenvalue weighted by atomic mass is 32.2. The van der Waals surface area contributed by atoms with Crippen LogP contribution in [0.15, 0.2) is 70.9 Å². The van der Waals surface area contributed by atoms with Gasteiger partial charge in [0.25, 0.3) is 0 Å². The van der Waals surface area contributed by atoms with Gasteiger partial charge in [0, 0.05) is 22.7 Å². The molecule has 1 fully saturated rings. The molecule has 32 heavy (non-hydrogen) atoms. The Morgan fingerprint density at radius 3 is 2.38 bits per heavy atom. The zero-order chi connectivity index (χ0) is 22.9. The Kier molecular flexibility index (Phi) is 6.17. The summed E-state index contributed by atoms with van der Waals surface area (Å²) in [6.45, 7) is 3.58. The number of amides is 2. The molecule has 3 aromatic rings. The Hall–Kier alpha value is -2.97. The van der Waals surface area contributed by atoms with Gasteiger partial charge in [-0.05, 0) is 54.8 Å². The van der Waals surface area contributed by atoms with Crippen molar-refractivity contribution >= 4 is 44.4 Å². The first-order chi connectivity index (χ1) is 15.3. The van der Waals surface area contributed by atoms with Gasteiger partial charge in [-0.25, -0.2) is 8.42 Å². The summed E-state index contributed by atoms with van der Waals surface area (Å²) in [7, 11) is -3.31. The Morgan fingerprint density at radius 2 is 1.78 bits per heavy atom. The summed E-state index contributed by atoms with van der Waals surface area (Å²) in [5.41, 5.74) is 2.36. The van der Waals surface area contributed by atoms with Gasteiger partial charge in [-0.1, -0.05) is 30.7 Å². The summed E-state index contributed by atoms with van der Waals surface area (Å²) in [5, 5.41) is 4.80. The number of thiophene rings is 1. The number of sulfone groups is 1. The number of benzene rings is 2. The number of carbonyl (C=O) groups excluding carboxylic acids is 2. The fourth-order valence-electron chi connectivity index (χ4n) is 3.91. The Morgan fingerprint density at radius 1 is 1.09 bits per heavy atom. The number of carbonyl (C=O) groups is 2. The van der Waals surface area contributed by atoms with E-state index < -0.39 is 21.8 Å². The quantitative estimate of drug-likeness (QED) is 0.574. The molecule has 166 valence electrons. The van der Waals surface area contributed by atoms with Crippen molar-refractivity contribution in [3.8, 4) is 0 Å². The summed E-state index contributed by atoms with van der Waals surface area (Å²) in [4.78, 5) is 29.1. The van der Waals surface area contributed by atoms with Crippen LogP contribution in [-0.4, -0.2) is 26.0 Å². The zero-order valence-corrected chi connectivity index (χ0v) is 19.4. The third-order valence-electron chi connectivity index (χ3n) is 5.67. The monoisotopic (exact) mass is 468 g/mol. The molecule has 6 nitrogen and oxygen atoms in total. The van der Waals surface area contributed by atoms with Gasteiger partial charge in [0.05, 0.1) is 22.6 Å². The van der Waals surface area contributed by atoms with Crippen LogP contribution in [0.25, 0.3) is 0 Å². The number of nitrogens with one attached hydrogen (secondary N) is 1. The summed E-state index contributed by atoms with van der Waals surface area (Å²) in [6.07, 6.45) is 0.102. The van der Waals surface area contributed by atoms with Crippen molar-refractivity contribution in [1.82, 2.24) is 0 Å². The first-order valence-electron chi connectivity index (χ1n) is 10.4. The third-order valence-corrected chi connectivity index (χ3v) is 8.36. The van der Waals surface area contributed by atoms with Crippen LogP contribution < -0.4 is 10.2 Å². The summed E-state index contributed by atoms with van der Waals surface area (Å²) >= 11 is 1.52. The van der Waals surface area contributed by atoms with E-state index in [4.69, 9.17) is 0 Å². The minimum Gasteiger partial charge on any atom is -0.326 e. The van der Waals surface area contributed by atoms with E-state index in [1.165, 1.54) is 23.5 Å². The predicted octanol–water partition coefficient (Wildman–Crippen LogP) is 4.58. The normalized spacial score (nSPS) is 18.7. The average molecular weight is 469 g/mol. The number of hydrogen-bond donors (Lipinski definition) is 1. The molecule has 1 aliphatic rings. The maximum absolute atomic E-state index is 13.2. The molecule has 8 heteroatoms. The Bertz CT molecular complexity index is 1220. The average Bonchev–Trinajstić information content (AvgIpc) is 3.42. The van der Waals surface area contributed by atoms with Gasteiger partial charge in [-0.3, -0.25) is 9.59 Å². The third kappa shape index (κ3) is 4.33. The van der Waals surface area contributed by atoms with Crippen molar-refractivity contribution < 1.29 is 18.0 Å². The molecule has 2 amide bonds. The summed E-state index contributed by atoms with van der Waals surface area (Å²) in [5.74, 6) is -0.920. The van der Waals surface area contributed by atoms with E-state index in [9.17, 15) is 18.0 Å². The molecular formula is C24H24N2O4S2. The van der Waals surface area contributed by atoms with Crippen LogP contribution in [0.2, 0.25) is 0 Å². The molecule has 0 bridgehead atoms. The van der Waals surface area contributed by atoms with Crippen molar-refractivity contribution in [3.05, 3.63) is 76.5 Å². The van der Waals surface area contributed by atoms with Crippen molar-refractivity contribution in [2.75, 3.05) is 16.0 Å². The van der Waals surface area contributed by atoms with E-state index in [1.54, 1.807) is 24.0 Å². The molecule has 2 atom stereocenters. The van der Waals surface area contributed by atoms with Crippen LogP contribution >= 0.6 is 11.3 Å². The predicted molar refractivity (Wildman–Crippen MR) is 127 cm³/mol. The highest BCUT2D eigenvalue weighted by Crippen LogP contribution is 2.43. The summed E-state index contributed by atoms with van der Waals surface area (Å²) < 4.78 is 24.0. The molecule has 0 spiro atoms. The molecule has 1 saturated heterocycles. The van der Waals surface area contributed by atoms with Gasteiger partial charge in [0.2, 0.25) is 11.8 Å². The van der Waals surface area contributed by atoms with E-state index in [0.29, 0.717) is 5.69 Å². The maximum Gasteiger partial charge on any atom is 0.230 e. The Labute approximate surface area is 191 Å². The molecule has 1 N–H and O–H groups in total. The lowest BCUT2D eigenvalue weighted by Crippen LogP contribution is -2.32. The van der Waals surface area contributed by atoms with Crippen LogP contribution in [0.4, 0.5) is 11.4 Å². The van der Waals surface area contributed by atoms with E-state index >= 15 is 0 Å². The van der Waals surface area contributed by atoms with Crippen molar-refractivity contribution in [3.63, 3.8) is 0 Å². The molecule has 0 saturated carbocycles. The van der Waals surface area contributed by atoms with Crippen molar-refractivity contribution in [1.29, 1.82) is 0 Å². The highest BCUT2D eigenvalue weighted by Gasteiger charge is 2.45. The van der Waals surface area contributed by atoms with Gasteiger partial charge >= 0.3 is 0 Å². The minimum atomic E-state index is -3.31. The molecule has 2 aromatic carbocycles. The maximum atomic E-state index is 13.2. The fourth-order valence-corrected chi connectivity index (χ4v) is 5.68. The van der Waals surface area contributed by atoms with Crippen LogP contribution in [0.3, 0.4) is 0 Å². The molecule has 1 aliphatic heterocycles. The van der Waals surface area contributed by atoms with Gasteiger partial charge < -0.3 is 10.2 Å². The molecule has 1 aromatic heterocycles. The lowest BCUT2D eigenvalue weighted by molar-refractivity contribution is -0.122. The first kappa shape index (κ1) is 22.2. The Balaban J connectivity index is 1.61. The number of hydrogen-bond acceptors (Lipinski definition) is 5. The molecule has 2 unspecified atom stereocenters. The lowest BCUT2D eigenvalue weighted by Gasteiger charge is -2.27.